The molecule has 0 unspecified atom stereocenters. The van der Waals surface area contributed by atoms with Crippen LogP contribution in [-0.4, -0.2) is 52.7 Å². The van der Waals surface area contributed by atoms with E-state index in [0.29, 0.717) is 36.8 Å². The summed E-state index contributed by atoms with van der Waals surface area (Å²) in [5.74, 6) is 1.69. The molecule has 6 aromatic rings. The minimum atomic E-state index is -0.406. The Morgan fingerprint density at radius 3 is 2.50 bits per heavy atom. The fourth-order valence-corrected chi connectivity index (χ4v) is 6.85. The third-order valence-corrected chi connectivity index (χ3v) is 9.29. The van der Waals surface area contributed by atoms with Crippen molar-refractivity contribution in [3.8, 4) is 22.6 Å². The first-order chi connectivity index (χ1) is 24.1. The summed E-state index contributed by atoms with van der Waals surface area (Å²) < 4.78 is 23.4. The summed E-state index contributed by atoms with van der Waals surface area (Å²) in [5, 5.41) is 20.9. The van der Waals surface area contributed by atoms with Gasteiger partial charge < -0.3 is 29.0 Å². The molecule has 1 aliphatic rings. The molecule has 0 aliphatic carbocycles. The van der Waals surface area contributed by atoms with Crippen molar-refractivity contribution in [1.29, 1.82) is 0 Å². The van der Waals surface area contributed by atoms with Crippen LogP contribution in [0.25, 0.3) is 32.8 Å². The van der Waals surface area contributed by atoms with E-state index in [-0.39, 0.29) is 27.2 Å². The Kier molecular flexibility index (Phi) is 11.2. The standard InChI is InChI=1S/C40H41N3O6.CH4/c1-2-47-40(45)39-32(13-7-21-48-36-14-5-9-28-8-3-4-10-30(28)36)31-11-6-12-33(38(31)41-39)37-34(24-44)42-43-35(37)25-49-29-17-15-26(16-18-29)27-19-22-46-23-20-27;/h3-6,8-12,14-18,27,41,44H,2,7,13,19-25H2,1H3,(H,42,43);1H4. The van der Waals surface area contributed by atoms with E-state index in [1.54, 1.807) is 6.92 Å². The van der Waals surface area contributed by atoms with Gasteiger partial charge in [-0.1, -0.05) is 74.2 Å². The lowest BCUT2D eigenvalue weighted by molar-refractivity contribution is 0.0519. The van der Waals surface area contributed by atoms with Crippen molar-refractivity contribution in [2.45, 2.75) is 59.2 Å². The molecule has 9 heteroatoms. The van der Waals surface area contributed by atoms with Crippen LogP contribution < -0.4 is 9.47 Å². The highest BCUT2D eigenvalue weighted by Crippen LogP contribution is 2.37. The second-order valence-corrected chi connectivity index (χ2v) is 12.3. The quantitative estimate of drug-likeness (QED) is 0.0830. The van der Waals surface area contributed by atoms with E-state index < -0.39 is 5.97 Å². The van der Waals surface area contributed by atoms with E-state index in [1.807, 2.05) is 54.6 Å². The molecule has 2 aromatic heterocycles. The number of nitrogens with zero attached hydrogens (tertiary/aromatic N) is 1. The topological polar surface area (TPSA) is 119 Å². The van der Waals surface area contributed by atoms with E-state index >= 15 is 0 Å². The van der Waals surface area contributed by atoms with E-state index in [2.05, 4.69) is 45.5 Å². The number of H-pyrrole nitrogens is 2. The number of ether oxygens (including phenoxy) is 4. The van der Waals surface area contributed by atoms with Gasteiger partial charge in [0.05, 0.1) is 36.7 Å². The lowest BCUT2D eigenvalue weighted by Gasteiger charge is -2.22. The van der Waals surface area contributed by atoms with Gasteiger partial charge in [-0.05, 0) is 73.2 Å². The van der Waals surface area contributed by atoms with Crippen molar-refractivity contribution in [3.63, 3.8) is 0 Å². The van der Waals surface area contributed by atoms with E-state index in [9.17, 15) is 9.90 Å². The highest BCUT2D eigenvalue weighted by molar-refractivity contribution is 6.04. The van der Waals surface area contributed by atoms with Crippen LogP contribution in [0.4, 0.5) is 0 Å². The predicted molar refractivity (Wildman–Crippen MR) is 196 cm³/mol. The zero-order valence-corrected chi connectivity index (χ0v) is 27.7. The number of aryl methyl sites for hydroxylation is 1. The fraction of sp³-hybridized carbons (Fsp3) is 0.317. The van der Waals surface area contributed by atoms with Crippen LogP contribution in [0.3, 0.4) is 0 Å². The molecule has 1 aliphatic heterocycles. The summed E-state index contributed by atoms with van der Waals surface area (Å²) in [4.78, 5) is 16.6. The lowest BCUT2D eigenvalue weighted by Crippen LogP contribution is -2.13. The van der Waals surface area contributed by atoms with Crippen LogP contribution in [0.15, 0.2) is 84.9 Å². The Bertz CT molecular complexity index is 2040. The summed E-state index contributed by atoms with van der Waals surface area (Å²) >= 11 is 0. The first-order valence-electron chi connectivity index (χ1n) is 17.0. The number of aromatic amines is 2. The number of carbonyl (C=O) groups excluding carboxylic acids is 1. The van der Waals surface area contributed by atoms with Gasteiger partial charge in [-0.15, -0.1) is 0 Å². The number of para-hydroxylation sites is 1. The number of esters is 1. The number of rotatable bonds is 13. The SMILES string of the molecule is C.CCOC(=O)c1[nH]c2c(-c3c(CO)n[nH]c3COc3ccc(C4CCOCC4)cc3)cccc2c1CCCOc1cccc2ccccc12. The molecule has 3 N–H and O–H groups in total. The van der Waals surface area contributed by atoms with Crippen molar-refractivity contribution in [1.82, 2.24) is 15.2 Å². The number of hydrogen-bond donors (Lipinski definition) is 3. The van der Waals surface area contributed by atoms with Gasteiger partial charge in [0.1, 0.15) is 23.8 Å². The lowest BCUT2D eigenvalue weighted by atomic mass is 9.92. The molecule has 0 atom stereocenters. The largest absolute Gasteiger partial charge is 0.493 e. The monoisotopic (exact) mass is 675 g/mol. The Hall–Kier alpha value is -5.12. The molecule has 9 nitrogen and oxygen atoms in total. The third kappa shape index (κ3) is 7.25. The molecular weight excluding hydrogens is 630 g/mol. The summed E-state index contributed by atoms with van der Waals surface area (Å²) in [5.41, 5.74) is 6.14. The first kappa shape index (κ1) is 34.7. The molecular formula is C41H45N3O6. The number of hydrogen-bond acceptors (Lipinski definition) is 7. The second kappa shape index (κ2) is 16.1. The number of aromatic nitrogens is 3. The zero-order chi connectivity index (χ0) is 33.6. The van der Waals surface area contributed by atoms with Gasteiger partial charge in [0.25, 0.3) is 0 Å². The summed E-state index contributed by atoms with van der Waals surface area (Å²) in [6, 6.07) is 28.4. The van der Waals surface area contributed by atoms with Crippen LogP contribution >= 0.6 is 0 Å². The highest BCUT2D eigenvalue weighted by Gasteiger charge is 2.24. The van der Waals surface area contributed by atoms with Gasteiger partial charge in [0.2, 0.25) is 0 Å². The van der Waals surface area contributed by atoms with Crippen LogP contribution in [0, 0.1) is 0 Å². The average Bonchev–Trinajstić information content (AvgIpc) is 3.74. The van der Waals surface area contributed by atoms with Crippen molar-refractivity contribution in [2.75, 3.05) is 26.4 Å². The number of fused-ring (bicyclic) bond motifs is 2. The maximum Gasteiger partial charge on any atom is 0.355 e. The molecule has 50 heavy (non-hydrogen) atoms. The zero-order valence-electron chi connectivity index (χ0n) is 27.7. The minimum absolute atomic E-state index is 0. The van der Waals surface area contributed by atoms with Crippen LogP contribution in [0.2, 0.25) is 0 Å². The molecule has 0 bridgehead atoms. The van der Waals surface area contributed by atoms with Gasteiger partial charge in [0.15, 0.2) is 0 Å². The van der Waals surface area contributed by atoms with Gasteiger partial charge in [-0.25, -0.2) is 4.79 Å². The van der Waals surface area contributed by atoms with E-state index in [4.69, 9.17) is 18.9 Å². The number of aliphatic hydroxyl groups is 1. The number of carbonyl (C=O) groups is 1. The second-order valence-electron chi connectivity index (χ2n) is 12.3. The van der Waals surface area contributed by atoms with Crippen molar-refractivity contribution >= 4 is 27.6 Å². The molecule has 1 saturated heterocycles. The normalized spacial score (nSPS) is 13.3. The predicted octanol–water partition coefficient (Wildman–Crippen LogP) is 8.50. The summed E-state index contributed by atoms with van der Waals surface area (Å²) in [6.45, 7) is 4.11. The van der Waals surface area contributed by atoms with Gasteiger partial charge >= 0.3 is 5.97 Å². The summed E-state index contributed by atoms with van der Waals surface area (Å²) in [6.07, 6.45) is 3.35. The Morgan fingerprint density at radius 1 is 0.940 bits per heavy atom. The number of aliphatic hydroxyl groups excluding tert-OH is 1. The molecule has 0 amide bonds. The molecule has 1 fully saturated rings. The Morgan fingerprint density at radius 2 is 1.70 bits per heavy atom. The first-order valence-corrected chi connectivity index (χ1v) is 17.0. The van der Waals surface area contributed by atoms with E-state index in [0.717, 1.165) is 81.6 Å². The number of nitrogens with one attached hydrogen (secondary N) is 2. The molecule has 4 aromatic carbocycles. The van der Waals surface area contributed by atoms with Crippen LogP contribution in [-0.2, 0) is 29.1 Å². The van der Waals surface area contributed by atoms with Crippen molar-refractivity contribution < 1.29 is 28.8 Å². The van der Waals surface area contributed by atoms with Gasteiger partial charge in [-0.2, -0.15) is 5.10 Å². The maximum atomic E-state index is 13.2. The number of benzene rings is 4. The van der Waals surface area contributed by atoms with Gasteiger partial charge in [0, 0.05) is 35.1 Å². The Balaban J connectivity index is 0.00000432. The third-order valence-electron chi connectivity index (χ3n) is 9.29. The fourth-order valence-electron chi connectivity index (χ4n) is 6.85. The van der Waals surface area contributed by atoms with Crippen LogP contribution in [0.5, 0.6) is 11.5 Å². The summed E-state index contributed by atoms with van der Waals surface area (Å²) in [7, 11) is 0. The van der Waals surface area contributed by atoms with Crippen molar-refractivity contribution in [2.24, 2.45) is 0 Å². The van der Waals surface area contributed by atoms with E-state index in [1.165, 1.54) is 5.56 Å². The molecule has 0 radical (unpaired) electrons. The molecule has 7 rings (SSSR count). The van der Waals surface area contributed by atoms with Crippen molar-refractivity contribution in [3.05, 3.63) is 113 Å². The molecule has 3 heterocycles. The average molecular weight is 676 g/mol. The van der Waals surface area contributed by atoms with Crippen LogP contribution in [0.1, 0.15) is 72.5 Å². The molecule has 0 saturated carbocycles. The Labute approximate surface area is 292 Å². The maximum absolute atomic E-state index is 13.2. The smallest absolute Gasteiger partial charge is 0.355 e. The molecule has 0 spiro atoms. The molecule has 260 valence electrons. The minimum Gasteiger partial charge on any atom is -0.493 e. The van der Waals surface area contributed by atoms with Gasteiger partial charge in [-0.3, -0.25) is 5.10 Å². The highest BCUT2D eigenvalue weighted by atomic mass is 16.5.